The summed E-state index contributed by atoms with van der Waals surface area (Å²) in [6.45, 7) is 13.0. The molecule has 0 fully saturated rings. The first-order valence-electron chi connectivity index (χ1n) is 11.7. The Labute approximate surface area is 196 Å². The Hall–Kier alpha value is -2.44. The quantitative estimate of drug-likeness (QED) is 0.559. The van der Waals surface area contributed by atoms with Gasteiger partial charge in [-0.05, 0) is 72.5 Å². The number of anilines is 1. The number of fused-ring (bicyclic) bond motifs is 4. The Morgan fingerprint density at radius 2 is 1.82 bits per heavy atom. The largest absolute Gasteiger partial charge is 0.365 e. The second kappa shape index (κ2) is 7.03. The highest BCUT2D eigenvalue weighted by molar-refractivity contribution is 7.86. The number of benzene rings is 2. The zero-order chi connectivity index (χ0) is 23.9. The van der Waals surface area contributed by atoms with Crippen LogP contribution < -0.4 is 20.1 Å². The van der Waals surface area contributed by atoms with Crippen LogP contribution in [0.4, 0.5) is 5.69 Å². The Morgan fingerprint density at radius 1 is 1.09 bits per heavy atom. The van der Waals surface area contributed by atoms with Gasteiger partial charge in [-0.15, -0.1) is 0 Å². The summed E-state index contributed by atoms with van der Waals surface area (Å²) in [6, 6.07) is 9.07. The highest BCUT2D eigenvalue weighted by Crippen LogP contribution is 2.44. The van der Waals surface area contributed by atoms with E-state index in [1.165, 1.54) is 27.3 Å². The van der Waals surface area contributed by atoms with Crippen LogP contribution >= 0.6 is 0 Å². The van der Waals surface area contributed by atoms with E-state index in [2.05, 4.69) is 74.4 Å². The number of hydrogen-bond donors (Lipinski definition) is 1. The average molecular weight is 466 g/mol. The minimum atomic E-state index is -4.14. The van der Waals surface area contributed by atoms with Gasteiger partial charge in [0.1, 0.15) is 18.8 Å². The molecule has 0 saturated heterocycles. The molecule has 0 unspecified atom stereocenters. The molecule has 0 aromatic heterocycles. The van der Waals surface area contributed by atoms with Crippen molar-refractivity contribution in [1.82, 2.24) is 4.58 Å². The van der Waals surface area contributed by atoms with Crippen molar-refractivity contribution >= 4 is 27.5 Å². The molecule has 5 rings (SSSR count). The standard InChI is InChI=1S/C27H32N2O3S/c1-7-29-9-8-17-10-18-11-19-12-21-20(16-33(30,31)32)15-26(2,3)28(6)25(21)14-23(19)27(4,5)22(18)13-24(17)29/h10-15H,7-9,16H2,1-6H3/p+1. The predicted octanol–water partition coefficient (Wildman–Crippen LogP) is 2.72. The second-order valence-corrected chi connectivity index (χ2v) is 12.2. The van der Waals surface area contributed by atoms with Crippen LogP contribution in [-0.2, 0) is 22.0 Å². The van der Waals surface area contributed by atoms with E-state index >= 15 is 0 Å². The third-order valence-corrected chi connectivity index (χ3v) is 8.56. The fourth-order valence-electron chi connectivity index (χ4n) is 5.85. The summed E-state index contributed by atoms with van der Waals surface area (Å²) in [4.78, 5) is 2.20. The van der Waals surface area contributed by atoms with E-state index in [0.29, 0.717) is 5.57 Å². The van der Waals surface area contributed by atoms with Crippen molar-refractivity contribution in [1.29, 1.82) is 0 Å². The molecule has 5 nitrogen and oxygen atoms in total. The minimum absolute atomic E-state index is 0.194. The molecule has 0 spiro atoms. The van der Waals surface area contributed by atoms with Crippen LogP contribution in [0.15, 0.2) is 30.3 Å². The lowest BCUT2D eigenvalue weighted by Crippen LogP contribution is -2.43. The molecular weight excluding hydrogens is 432 g/mol. The first-order valence-corrected chi connectivity index (χ1v) is 13.3. The minimum Gasteiger partial charge on any atom is -0.365 e. The van der Waals surface area contributed by atoms with Gasteiger partial charge in [-0.3, -0.25) is 4.55 Å². The molecule has 33 heavy (non-hydrogen) atoms. The molecule has 1 N–H and O–H groups in total. The summed E-state index contributed by atoms with van der Waals surface area (Å²) >= 11 is 0. The van der Waals surface area contributed by atoms with Crippen LogP contribution in [0, 0.1) is 0 Å². The maximum Gasteiger partial charge on any atom is 0.269 e. The molecule has 2 aromatic carbocycles. The van der Waals surface area contributed by atoms with Gasteiger partial charge in [-0.25, -0.2) is 4.58 Å². The van der Waals surface area contributed by atoms with E-state index in [-0.39, 0.29) is 16.7 Å². The van der Waals surface area contributed by atoms with Gasteiger partial charge in [-0.1, -0.05) is 19.9 Å². The van der Waals surface area contributed by atoms with Gasteiger partial charge < -0.3 is 4.90 Å². The molecule has 0 saturated carbocycles. The van der Waals surface area contributed by atoms with E-state index in [4.69, 9.17) is 0 Å². The van der Waals surface area contributed by atoms with Crippen molar-refractivity contribution in [2.45, 2.75) is 52.0 Å². The Bertz CT molecular complexity index is 1460. The highest BCUT2D eigenvalue weighted by Gasteiger charge is 2.36. The average Bonchev–Trinajstić information content (AvgIpc) is 3.11. The lowest BCUT2D eigenvalue weighted by Gasteiger charge is -2.42. The number of rotatable bonds is 3. The van der Waals surface area contributed by atoms with E-state index in [0.717, 1.165) is 36.3 Å². The van der Waals surface area contributed by atoms with Gasteiger partial charge >= 0.3 is 0 Å². The smallest absolute Gasteiger partial charge is 0.269 e. The highest BCUT2D eigenvalue weighted by atomic mass is 32.2. The van der Waals surface area contributed by atoms with E-state index in [1.807, 2.05) is 13.1 Å². The van der Waals surface area contributed by atoms with E-state index < -0.39 is 10.1 Å². The van der Waals surface area contributed by atoms with Crippen molar-refractivity contribution in [2.24, 2.45) is 0 Å². The molecule has 2 heterocycles. The van der Waals surface area contributed by atoms with Crippen molar-refractivity contribution in [3.8, 4) is 0 Å². The van der Waals surface area contributed by atoms with E-state index in [9.17, 15) is 13.0 Å². The van der Waals surface area contributed by atoms with Gasteiger partial charge in [0.05, 0.1) is 5.54 Å². The molecular formula is C27H33N2O3S+. The molecule has 6 heteroatoms. The zero-order valence-electron chi connectivity index (χ0n) is 20.4. The first-order chi connectivity index (χ1) is 15.3. The monoisotopic (exact) mass is 465 g/mol. The molecule has 2 aliphatic heterocycles. The summed E-state index contributed by atoms with van der Waals surface area (Å²) in [7, 11) is -2.10. The maximum absolute atomic E-state index is 11.8. The van der Waals surface area contributed by atoms with E-state index in [1.54, 1.807) is 0 Å². The summed E-state index contributed by atoms with van der Waals surface area (Å²) in [5.41, 5.74) is 7.06. The molecule has 2 aromatic rings. The lowest BCUT2D eigenvalue weighted by molar-refractivity contribution is 0.487. The summed E-state index contributed by atoms with van der Waals surface area (Å²) in [6.07, 6.45) is 5.28. The van der Waals surface area contributed by atoms with Crippen LogP contribution in [0.5, 0.6) is 0 Å². The second-order valence-electron chi connectivity index (χ2n) is 10.7. The first kappa shape index (κ1) is 22.4. The molecule has 3 aliphatic rings. The van der Waals surface area contributed by atoms with Gasteiger partial charge in [0.15, 0.2) is 0 Å². The third-order valence-electron chi connectivity index (χ3n) is 7.89. The Balaban J connectivity index is 1.78. The molecule has 0 amide bonds. The topological polar surface area (TPSA) is 60.6 Å². The fraction of sp³-hybridized carbons (Fsp3) is 0.444. The predicted molar refractivity (Wildman–Crippen MR) is 135 cm³/mol. The zero-order valence-corrected chi connectivity index (χ0v) is 21.2. The molecule has 174 valence electrons. The maximum atomic E-state index is 11.8. The van der Waals surface area contributed by atoms with Gasteiger partial charge in [0.2, 0.25) is 5.36 Å². The van der Waals surface area contributed by atoms with Crippen LogP contribution in [-0.4, -0.2) is 44.4 Å². The molecule has 0 radical (unpaired) electrons. The van der Waals surface area contributed by atoms with Crippen molar-refractivity contribution in [2.75, 3.05) is 30.8 Å². The lowest BCUT2D eigenvalue weighted by atomic mass is 9.70. The summed E-state index contributed by atoms with van der Waals surface area (Å²) < 4.78 is 35.7. The van der Waals surface area contributed by atoms with Crippen LogP contribution in [0.3, 0.4) is 0 Å². The van der Waals surface area contributed by atoms with Crippen molar-refractivity contribution in [3.05, 3.63) is 68.7 Å². The normalized spacial score (nSPS) is 19.8. The van der Waals surface area contributed by atoms with Crippen LogP contribution in [0.2, 0.25) is 0 Å². The summed E-state index contributed by atoms with van der Waals surface area (Å²) in [5.74, 6) is -0.379. The van der Waals surface area contributed by atoms with Crippen molar-refractivity contribution in [3.63, 3.8) is 0 Å². The van der Waals surface area contributed by atoms with Crippen LogP contribution in [0.25, 0.3) is 11.6 Å². The summed E-state index contributed by atoms with van der Waals surface area (Å²) in [5, 5.41) is 2.60. The Kier molecular flexibility index (Phi) is 4.76. The molecule has 1 aliphatic carbocycles. The number of hydrogen-bond acceptors (Lipinski definition) is 3. The van der Waals surface area contributed by atoms with Crippen LogP contribution in [0.1, 0.15) is 62.4 Å². The molecule has 0 bridgehead atoms. The fourth-order valence-corrected chi connectivity index (χ4v) is 6.48. The van der Waals surface area contributed by atoms with Crippen molar-refractivity contribution < 1.29 is 13.0 Å². The van der Waals surface area contributed by atoms with Gasteiger partial charge in [-0.2, -0.15) is 8.42 Å². The Morgan fingerprint density at radius 3 is 2.48 bits per heavy atom. The number of nitrogens with zero attached hydrogens (tertiary/aromatic N) is 2. The van der Waals surface area contributed by atoms with Gasteiger partial charge in [0, 0.05) is 41.8 Å². The van der Waals surface area contributed by atoms with Gasteiger partial charge in [0.25, 0.3) is 10.1 Å². The SMILES string of the molecule is CC[N+]1=c2cc3c(cc2CC1)=Cc1cc2c(cc1C3(C)C)N(C)C(C)(C)C=C2CS(=O)(=O)O. The third kappa shape index (κ3) is 3.46. The molecule has 0 atom stereocenters. The number of likely N-dealkylation sites (N-methyl/N-ethyl adjacent to an activating group) is 2.